The maximum absolute atomic E-state index is 13.1. The molecule has 0 heterocycles. The molecule has 0 atom stereocenters. The van der Waals surface area contributed by atoms with Crippen molar-refractivity contribution in [1.82, 2.24) is 0 Å². The van der Waals surface area contributed by atoms with Crippen molar-refractivity contribution in [2.45, 2.75) is 98.3 Å². The third kappa shape index (κ3) is 4.18. The zero-order valence-corrected chi connectivity index (χ0v) is 17.2. The molecule has 25 heavy (non-hydrogen) atoms. The van der Waals surface area contributed by atoms with Gasteiger partial charge in [0.25, 0.3) is 0 Å². The molecule has 0 spiro atoms. The van der Waals surface area contributed by atoms with Gasteiger partial charge in [0.05, 0.1) is 0 Å². The van der Waals surface area contributed by atoms with Crippen LogP contribution in [-0.4, -0.2) is 5.78 Å². The van der Waals surface area contributed by atoms with Crippen molar-refractivity contribution in [3.05, 3.63) is 35.4 Å². The number of Topliss-reactive ketones (excluding diaryl/α,β-unsaturated/α-hetero) is 1. The van der Waals surface area contributed by atoms with Gasteiger partial charge in [0.15, 0.2) is 5.78 Å². The first-order valence-electron chi connectivity index (χ1n) is 10.6. The van der Waals surface area contributed by atoms with E-state index in [-0.39, 0.29) is 10.8 Å². The van der Waals surface area contributed by atoms with E-state index in [0.717, 1.165) is 5.56 Å². The number of ketones is 1. The summed E-state index contributed by atoms with van der Waals surface area (Å²) in [5.74, 6) is 1.05. The molecule has 0 N–H and O–H groups in total. The van der Waals surface area contributed by atoms with Crippen molar-refractivity contribution in [1.29, 1.82) is 0 Å². The number of hydrogen-bond acceptors (Lipinski definition) is 1. The van der Waals surface area contributed by atoms with E-state index in [9.17, 15) is 4.79 Å². The SMILES string of the molecule is CC.CC1(C(C)(C)C(=O)c2ccc(C3CCCCC3)cc2)CCCC1. The minimum absolute atomic E-state index is 0.159. The number of rotatable bonds is 4. The topological polar surface area (TPSA) is 17.1 Å². The van der Waals surface area contributed by atoms with Gasteiger partial charge in [-0.05, 0) is 42.6 Å². The van der Waals surface area contributed by atoms with E-state index in [1.165, 1.54) is 63.4 Å². The van der Waals surface area contributed by atoms with Gasteiger partial charge in [-0.25, -0.2) is 0 Å². The summed E-state index contributed by atoms with van der Waals surface area (Å²) in [5, 5.41) is 0. The molecule has 0 unspecified atom stereocenters. The van der Waals surface area contributed by atoms with Crippen LogP contribution in [0.2, 0.25) is 0 Å². The van der Waals surface area contributed by atoms with E-state index >= 15 is 0 Å². The lowest BCUT2D eigenvalue weighted by Crippen LogP contribution is -2.40. The standard InChI is InChI=1S/C22H32O.C2H6/c1-21(2,22(3)15-7-8-16-22)20(23)19-13-11-18(12-14-19)17-9-5-4-6-10-17;1-2/h11-14,17H,4-10,15-16H2,1-3H3;1-2H3. The second kappa shape index (κ2) is 8.52. The van der Waals surface area contributed by atoms with Gasteiger partial charge in [-0.3, -0.25) is 4.79 Å². The fourth-order valence-corrected chi connectivity index (χ4v) is 4.76. The summed E-state index contributed by atoms with van der Waals surface area (Å²) in [6.45, 7) is 10.6. The van der Waals surface area contributed by atoms with Crippen LogP contribution in [-0.2, 0) is 0 Å². The first kappa shape index (κ1) is 20.2. The first-order valence-corrected chi connectivity index (χ1v) is 10.6. The fraction of sp³-hybridized carbons (Fsp3) is 0.708. The van der Waals surface area contributed by atoms with Gasteiger partial charge < -0.3 is 0 Å². The highest BCUT2D eigenvalue weighted by atomic mass is 16.1. The second-order valence-corrected chi connectivity index (χ2v) is 8.68. The third-order valence-corrected chi connectivity index (χ3v) is 7.03. The van der Waals surface area contributed by atoms with Crippen LogP contribution in [0, 0.1) is 10.8 Å². The Morgan fingerprint density at radius 2 is 1.44 bits per heavy atom. The van der Waals surface area contributed by atoms with E-state index in [1.807, 2.05) is 13.8 Å². The molecule has 0 bridgehead atoms. The molecule has 140 valence electrons. The predicted octanol–water partition coefficient (Wildman–Crippen LogP) is 7.55. The molecule has 1 aromatic rings. The molecule has 0 radical (unpaired) electrons. The Morgan fingerprint density at radius 3 is 1.96 bits per heavy atom. The van der Waals surface area contributed by atoms with Gasteiger partial charge in [0.1, 0.15) is 0 Å². The average molecular weight is 343 g/mol. The highest BCUT2D eigenvalue weighted by molar-refractivity contribution is 6.00. The van der Waals surface area contributed by atoms with E-state index in [1.54, 1.807) is 0 Å². The van der Waals surface area contributed by atoms with Crippen molar-refractivity contribution < 1.29 is 4.79 Å². The van der Waals surface area contributed by atoms with Crippen molar-refractivity contribution in [3.63, 3.8) is 0 Å². The molecule has 2 aliphatic rings. The van der Waals surface area contributed by atoms with E-state index in [4.69, 9.17) is 0 Å². The number of benzene rings is 1. The number of carbonyl (C=O) groups excluding carboxylic acids is 1. The number of carbonyl (C=O) groups is 1. The molecule has 3 rings (SSSR count). The van der Waals surface area contributed by atoms with Crippen molar-refractivity contribution >= 4 is 5.78 Å². The van der Waals surface area contributed by atoms with Crippen LogP contribution in [0.15, 0.2) is 24.3 Å². The summed E-state index contributed by atoms with van der Waals surface area (Å²) in [4.78, 5) is 13.1. The highest BCUT2D eigenvalue weighted by Gasteiger charge is 2.47. The molecular formula is C24H38O. The minimum Gasteiger partial charge on any atom is -0.294 e. The largest absolute Gasteiger partial charge is 0.294 e. The Balaban J connectivity index is 0.00000109. The summed E-state index contributed by atoms with van der Waals surface area (Å²) < 4.78 is 0. The summed E-state index contributed by atoms with van der Waals surface area (Å²) in [6, 6.07) is 8.62. The predicted molar refractivity (Wildman–Crippen MR) is 108 cm³/mol. The summed E-state index contributed by atoms with van der Waals surface area (Å²) in [6.07, 6.45) is 11.7. The van der Waals surface area contributed by atoms with Gasteiger partial charge in [0, 0.05) is 11.0 Å². The van der Waals surface area contributed by atoms with Gasteiger partial charge in [-0.2, -0.15) is 0 Å². The first-order chi connectivity index (χ1) is 11.9. The Labute approximate surface area is 155 Å². The molecule has 0 aliphatic heterocycles. The molecule has 0 saturated heterocycles. The lowest BCUT2D eigenvalue weighted by Gasteiger charge is -2.40. The highest BCUT2D eigenvalue weighted by Crippen LogP contribution is 2.52. The normalized spacial score (nSPS) is 20.7. The Kier molecular flexibility index (Phi) is 6.88. The van der Waals surface area contributed by atoms with Crippen LogP contribution in [0.25, 0.3) is 0 Å². The molecule has 2 aliphatic carbocycles. The van der Waals surface area contributed by atoms with Gasteiger partial charge in [0.2, 0.25) is 0 Å². The fourth-order valence-electron chi connectivity index (χ4n) is 4.76. The maximum atomic E-state index is 13.1. The van der Waals surface area contributed by atoms with Crippen molar-refractivity contribution in [3.8, 4) is 0 Å². The van der Waals surface area contributed by atoms with E-state index in [0.29, 0.717) is 11.7 Å². The quantitative estimate of drug-likeness (QED) is 0.516. The van der Waals surface area contributed by atoms with E-state index in [2.05, 4.69) is 45.0 Å². The van der Waals surface area contributed by atoms with Gasteiger partial charge >= 0.3 is 0 Å². The third-order valence-electron chi connectivity index (χ3n) is 7.03. The lowest BCUT2D eigenvalue weighted by atomic mass is 9.62. The van der Waals surface area contributed by atoms with Crippen LogP contribution >= 0.6 is 0 Å². The van der Waals surface area contributed by atoms with E-state index < -0.39 is 0 Å². The van der Waals surface area contributed by atoms with Crippen LogP contribution in [0.5, 0.6) is 0 Å². The van der Waals surface area contributed by atoms with Crippen LogP contribution in [0.1, 0.15) is 114 Å². The minimum atomic E-state index is -0.268. The Hall–Kier alpha value is -1.11. The smallest absolute Gasteiger partial charge is 0.168 e. The average Bonchev–Trinajstić information content (AvgIpc) is 3.12. The molecule has 1 aromatic carbocycles. The van der Waals surface area contributed by atoms with Crippen molar-refractivity contribution in [2.75, 3.05) is 0 Å². The zero-order chi connectivity index (χ0) is 18.5. The lowest BCUT2D eigenvalue weighted by molar-refractivity contribution is 0.0540. The Bertz CT molecular complexity index is 540. The van der Waals surface area contributed by atoms with Gasteiger partial charge in [-0.15, -0.1) is 0 Å². The molecule has 2 saturated carbocycles. The van der Waals surface area contributed by atoms with Crippen LogP contribution in [0.3, 0.4) is 0 Å². The monoisotopic (exact) mass is 342 g/mol. The molecule has 1 nitrogen and oxygen atoms in total. The molecule has 1 heteroatoms. The molecule has 2 fully saturated rings. The summed E-state index contributed by atoms with van der Waals surface area (Å²) in [5.41, 5.74) is 2.23. The van der Waals surface area contributed by atoms with Crippen molar-refractivity contribution in [2.24, 2.45) is 10.8 Å². The summed E-state index contributed by atoms with van der Waals surface area (Å²) in [7, 11) is 0. The molecule has 0 aromatic heterocycles. The Morgan fingerprint density at radius 1 is 0.920 bits per heavy atom. The van der Waals surface area contributed by atoms with Gasteiger partial charge in [-0.1, -0.05) is 91.0 Å². The summed E-state index contributed by atoms with van der Waals surface area (Å²) >= 11 is 0. The molecule has 0 amide bonds. The van der Waals surface area contributed by atoms with Crippen LogP contribution < -0.4 is 0 Å². The van der Waals surface area contributed by atoms with Crippen LogP contribution in [0.4, 0.5) is 0 Å². The maximum Gasteiger partial charge on any atom is 0.168 e. The second-order valence-electron chi connectivity index (χ2n) is 8.68. The molecular weight excluding hydrogens is 304 g/mol. The number of hydrogen-bond donors (Lipinski definition) is 0. The zero-order valence-electron chi connectivity index (χ0n) is 17.2.